The van der Waals surface area contributed by atoms with Crippen LogP contribution in [0, 0.1) is 0 Å². The predicted octanol–water partition coefficient (Wildman–Crippen LogP) is -0.972. The van der Waals surface area contributed by atoms with E-state index in [0.29, 0.717) is 10.5 Å². The molecule has 2 heterocycles. The van der Waals surface area contributed by atoms with Crippen LogP contribution in [0.1, 0.15) is 0 Å². The molecular weight excluding hydrogens is 218 g/mol. The Morgan fingerprint density at radius 1 is 1.50 bits per heavy atom. The Kier molecular flexibility index (Phi) is 2.34. The normalized spacial score (nSPS) is 22.2. The largest absolute Gasteiger partial charge is 0.375 e. The zero-order chi connectivity index (χ0) is 10.1. The van der Waals surface area contributed by atoms with Crippen molar-refractivity contribution in [1.29, 1.82) is 0 Å². The molecule has 4 N–H and O–H groups in total. The molecule has 0 aromatic carbocycles. The van der Waals surface area contributed by atoms with Crippen LogP contribution in [0.25, 0.3) is 11.6 Å². The maximum Gasteiger partial charge on any atom is 0.181 e. The molecule has 1 fully saturated rings. The first-order valence-electron chi connectivity index (χ1n) is 3.83. The van der Waals surface area contributed by atoms with Gasteiger partial charge in [0.1, 0.15) is 5.03 Å². The number of aliphatic imine (C=N–C) groups is 1. The van der Waals surface area contributed by atoms with E-state index < -0.39 is 0 Å². The first-order valence-corrected chi connectivity index (χ1v) is 5.46. The van der Waals surface area contributed by atoms with Gasteiger partial charge in [0.05, 0.1) is 9.88 Å². The van der Waals surface area contributed by atoms with Gasteiger partial charge in [0.15, 0.2) is 10.3 Å². The molecule has 0 aliphatic carbocycles. The Bertz CT molecular complexity index is 489. The fourth-order valence-electron chi connectivity index (χ4n) is 1.01. The van der Waals surface area contributed by atoms with Crippen LogP contribution >= 0.6 is 23.1 Å². The van der Waals surface area contributed by atoms with E-state index >= 15 is 0 Å². The van der Waals surface area contributed by atoms with E-state index in [2.05, 4.69) is 27.4 Å². The number of amidine groups is 1. The van der Waals surface area contributed by atoms with E-state index in [-0.39, 0.29) is 0 Å². The Hall–Kier alpha value is -1.21. The lowest BCUT2D eigenvalue weighted by molar-refractivity contribution is 0.876. The Morgan fingerprint density at radius 3 is 2.79 bits per heavy atom. The second kappa shape index (κ2) is 3.50. The number of anilines is 1. The lowest BCUT2D eigenvalue weighted by Gasteiger charge is -1.91. The highest BCUT2D eigenvalue weighted by molar-refractivity contribution is 8.21. The molecule has 1 aromatic heterocycles. The molecule has 0 radical (unpaired) electrons. The second-order valence-corrected chi connectivity index (χ2v) is 4.57. The number of hydrogen-bond donors (Lipinski definition) is 3. The van der Waals surface area contributed by atoms with Crippen molar-refractivity contribution in [2.24, 2.45) is 4.99 Å². The van der Waals surface area contributed by atoms with E-state index in [9.17, 15) is 0 Å². The molecule has 74 valence electrons. The van der Waals surface area contributed by atoms with Gasteiger partial charge in [-0.25, -0.2) is 4.98 Å². The average molecular weight is 227 g/mol. The van der Waals surface area contributed by atoms with Gasteiger partial charge in [0.25, 0.3) is 0 Å². The summed E-state index contributed by atoms with van der Waals surface area (Å²) in [4.78, 5) is 8.07. The summed E-state index contributed by atoms with van der Waals surface area (Å²) in [5.41, 5.74) is 11.5. The minimum absolute atomic E-state index is 0.529. The minimum atomic E-state index is 0.529. The van der Waals surface area contributed by atoms with Gasteiger partial charge in [0.2, 0.25) is 0 Å². The molecule has 1 aromatic rings. The fraction of sp³-hybridized carbons (Fsp3) is 0.143. The molecule has 0 bridgehead atoms. The second-order valence-electron chi connectivity index (χ2n) is 2.54. The lowest BCUT2D eigenvalue weighted by Crippen LogP contribution is -2.30. The molecule has 1 aliphatic heterocycles. The van der Waals surface area contributed by atoms with E-state index in [1.54, 1.807) is 7.05 Å². The third kappa shape index (κ3) is 1.55. The number of nitrogens with two attached hydrogens (primary N) is 1. The number of nitrogens with zero attached hydrogens (tertiary/aromatic N) is 2. The van der Waals surface area contributed by atoms with Crippen LogP contribution in [-0.2, 0) is 0 Å². The van der Waals surface area contributed by atoms with Gasteiger partial charge in [-0.15, -0.1) is 0 Å². The number of hydrazine groups is 1. The fourth-order valence-corrected chi connectivity index (χ4v) is 2.63. The van der Waals surface area contributed by atoms with Crippen LogP contribution in [-0.4, -0.2) is 17.2 Å². The van der Waals surface area contributed by atoms with Crippen LogP contribution in [0.15, 0.2) is 4.99 Å². The summed E-state index contributed by atoms with van der Waals surface area (Å²) >= 11 is 2.92. The van der Waals surface area contributed by atoms with Crippen molar-refractivity contribution >= 4 is 45.0 Å². The maximum absolute atomic E-state index is 5.58. The van der Waals surface area contributed by atoms with Crippen molar-refractivity contribution in [1.82, 2.24) is 15.8 Å². The molecule has 5 nitrogen and oxygen atoms in total. The van der Waals surface area contributed by atoms with Crippen molar-refractivity contribution in [2.45, 2.75) is 0 Å². The first-order chi connectivity index (χ1) is 6.70. The Balaban J connectivity index is 2.53. The van der Waals surface area contributed by atoms with Crippen molar-refractivity contribution in [3.8, 4) is 0 Å². The number of nitrogen functional groups attached to an aromatic ring is 1. The summed E-state index contributed by atoms with van der Waals surface area (Å²) < 4.78 is 0.957. The number of aromatic nitrogens is 1. The molecular formula is C7H9N5S2. The molecule has 0 amide bonds. The highest BCUT2D eigenvalue weighted by Gasteiger charge is 2.14. The van der Waals surface area contributed by atoms with E-state index in [1.807, 2.05) is 0 Å². The summed E-state index contributed by atoms with van der Waals surface area (Å²) in [7, 11) is 1.73. The highest BCUT2D eigenvalue weighted by atomic mass is 32.2. The molecule has 0 atom stereocenters. The molecule has 14 heavy (non-hydrogen) atoms. The number of hydrogen-bond acceptors (Lipinski definition) is 6. The SMILES string of the molecule is C=c1nc(N)sc1=C1NNC(=NC)S1. The summed E-state index contributed by atoms with van der Waals surface area (Å²) in [6, 6.07) is 0. The van der Waals surface area contributed by atoms with Crippen LogP contribution in [0.2, 0.25) is 0 Å². The monoisotopic (exact) mass is 227 g/mol. The average Bonchev–Trinajstić information content (AvgIpc) is 2.71. The summed E-state index contributed by atoms with van der Waals surface area (Å²) in [5.74, 6) is 0. The molecule has 0 unspecified atom stereocenters. The third-order valence-corrected chi connectivity index (χ3v) is 3.67. The maximum atomic E-state index is 5.58. The molecule has 1 aliphatic rings. The zero-order valence-corrected chi connectivity index (χ0v) is 9.13. The lowest BCUT2D eigenvalue weighted by atomic mass is 10.6. The van der Waals surface area contributed by atoms with Gasteiger partial charge in [-0.3, -0.25) is 15.8 Å². The van der Waals surface area contributed by atoms with Crippen molar-refractivity contribution in [3.05, 3.63) is 9.88 Å². The summed E-state index contributed by atoms with van der Waals surface area (Å²) in [5, 5.41) is 3.00. The van der Waals surface area contributed by atoms with E-state index in [1.165, 1.54) is 23.1 Å². The van der Waals surface area contributed by atoms with Crippen molar-refractivity contribution < 1.29 is 0 Å². The summed E-state index contributed by atoms with van der Waals surface area (Å²) in [6.07, 6.45) is 0. The van der Waals surface area contributed by atoms with Gasteiger partial charge in [-0.05, 0) is 11.8 Å². The first kappa shape index (κ1) is 9.35. The minimum Gasteiger partial charge on any atom is -0.375 e. The number of thiazole rings is 1. The number of nitrogens with one attached hydrogen (secondary N) is 2. The smallest absolute Gasteiger partial charge is 0.181 e. The topological polar surface area (TPSA) is 75.3 Å². The standard InChI is InChI=1S/C7H9N5S2/c1-3-4(13-6(8)10-3)5-11-12-7(9-2)14-5/h11H,1H2,2H3,(H2,8,10)(H,9,12). The van der Waals surface area contributed by atoms with Crippen LogP contribution in [0.3, 0.4) is 0 Å². The van der Waals surface area contributed by atoms with E-state index in [0.717, 1.165) is 14.7 Å². The highest BCUT2D eigenvalue weighted by Crippen LogP contribution is 2.17. The number of rotatable bonds is 0. The molecule has 1 saturated heterocycles. The summed E-state index contributed by atoms with van der Waals surface area (Å²) in [6.45, 7) is 3.81. The van der Waals surface area contributed by atoms with Crippen molar-refractivity contribution in [3.63, 3.8) is 0 Å². The molecule has 7 heteroatoms. The van der Waals surface area contributed by atoms with Crippen LogP contribution in [0.4, 0.5) is 5.13 Å². The predicted molar refractivity (Wildman–Crippen MR) is 61.9 cm³/mol. The van der Waals surface area contributed by atoms with Crippen LogP contribution in [0.5, 0.6) is 0 Å². The number of thioether (sulfide) groups is 1. The van der Waals surface area contributed by atoms with Crippen molar-refractivity contribution in [2.75, 3.05) is 12.8 Å². The zero-order valence-electron chi connectivity index (χ0n) is 7.50. The Labute approximate surface area is 88.8 Å². The van der Waals surface area contributed by atoms with Gasteiger partial charge in [0, 0.05) is 7.05 Å². The van der Waals surface area contributed by atoms with Gasteiger partial charge in [-0.2, -0.15) is 0 Å². The van der Waals surface area contributed by atoms with Crippen LogP contribution < -0.4 is 26.5 Å². The third-order valence-electron chi connectivity index (χ3n) is 1.60. The van der Waals surface area contributed by atoms with Gasteiger partial charge in [-0.1, -0.05) is 17.9 Å². The Morgan fingerprint density at radius 2 is 2.29 bits per heavy atom. The van der Waals surface area contributed by atoms with Gasteiger partial charge < -0.3 is 5.73 Å². The molecule has 0 spiro atoms. The quantitative estimate of drug-likeness (QED) is 0.531. The van der Waals surface area contributed by atoms with Gasteiger partial charge >= 0.3 is 0 Å². The van der Waals surface area contributed by atoms with E-state index in [4.69, 9.17) is 5.73 Å². The molecule has 2 rings (SSSR count). The molecule has 0 saturated carbocycles.